The minimum absolute atomic E-state index is 0.208. The van der Waals surface area contributed by atoms with Crippen LogP contribution < -0.4 is 10.2 Å². The number of carbonyl (C=O) groups is 1. The van der Waals surface area contributed by atoms with Crippen LogP contribution >= 0.6 is 0 Å². The van der Waals surface area contributed by atoms with Gasteiger partial charge in [0.15, 0.2) is 5.69 Å². The first-order chi connectivity index (χ1) is 12.2. The molecule has 0 saturated carbocycles. The first kappa shape index (κ1) is 16.7. The van der Waals surface area contributed by atoms with Gasteiger partial charge in [0.2, 0.25) is 0 Å². The van der Waals surface area contributed by atoms with E-state index in [0.717, 1.165) is 11.3 Å². The van der Waals surface area contributed by atoms with E-state index in [1.165, 1.54) is 0 Å². The summed E-state index contributed by atoms with van der Waals surface area (Å²) >= 11 is 0. The molecule has 0 bridgehead atoms. The average molecular weight is 335 g/mol. The Bertz CT molecular complexity index is 801. The van der Waals surface area contributed by atoms with E-state index in [1.54, 1.807) is 10.9 Å². The van der Waals surface area contributed by atoms with E-state index in [4.69, 9.17) is 0 Å². The maximum absolute atomic E-state index is 12.2. The minimum Gasteiger partial charge on any atom is -0.373 e. The lowest BCUT2D eigenvalue weighted by atomic mass is 10.2. The van der Waals surface area contributed by atoms with E-state index < -0.39 is 0 Å². The molecule has 0 aliphatic carbocycles. The fourth-order valence-corrected chi connectivity index (χ4v) is 2.49. The normalized spacial score (nSPS) is 10.4. The SMILES string of the molecule is CN(CCNC(=O)c1cn(Cc2ccccc2)nn1)c1ccccc1. The standard InChI is InChI=1S/C19H21N5O/c1-23(17-10-6-3-7-11-17)13-12-20-19(25)18-15-24(22-21-18)14-16-8-4-2-5-9-16/h2-11,15H,12-14H2,1H3,(H,20,25). The van der Waals surface area contributed by atoms with Gasteiger partial charge in [-0.15, -0.1) is 5.10 Å². The van der Waals surface area contributed by atoms with Gasteiger partial charge in [0.25, 0.3) is 5.91 Å². The maximum Gasteiger partial charge on any atom is 0.273 e. The van der Waals surface area contributed by atoms with Crippen molar-refractivity contribution in [2.75, 3.05) is 25.0 Å². The van der Waals surface area contributed by atoms with E-state index in [-0.39, 0.29) is 5.91 Å². The molecule has 128 valence electrons. The Labute approximate surface area is 147 Å². The molecular formula is C19H21N5O. The third-order valence-electron chi connectivity index (χ3n) is 3.89. The van der Waals surface area contributed by atoms with Crippen LogP contribution in [0.2, 0.25) is 0 Å². The quantitative estimate of drug-likeness (QED) is 0.719. The van der Waals surface area contributed by atoms with Gasteiger partial charge < -0.3 is 10.2 Å². The average Bonchev–Trinajstić information content (AvgIpc) is 3.12. The Morgan fingerprint density at radius 3 is 2.48 bits per heavy atom. The number of hydrogen-bond donors (Lipinski definition) is 1. The van der Waals surface area contributed by atoms with Crippen LogP contribution in [0.5, 0.6) is 0 Å². The van der Waals surface area contributed by atoms with Crippen molar-refractivity contribution >= 4 is 11.6 Å². The predicted octanol–water partition coefficient (Wildman–Crippen LogP) is 2.19. The van der Waals surface area contributed by atoms with Gasteiger partial charge in [-0.2, -0.15) is 0 Å². The Hall–Kier alpha value is -3.15. The number of aromatic nitrogens is 3. The molecule has 3 rings (SSSR count). The lowest BCUT2D eigenvalue weighted by Gasteiger charge is -2.19. The second-order valence-corrected chi connectivity index (χ2v) is 5.80. The zero-order valence-electron chi connectivity index (χ0n) is 14.2. The number of anilines is 1. The van der Waals surface area contributed by atoms with Crippen LogP contribution in [0.1, 0.15) is 16.1 Å². The number of benzene rings is 2. The Morgan fingerprint density at radius 2 is 1.76 bits per heavy atom. The summed E-state index contributed by atoms with van der Waals surface area (Å²) in [5.41, 5.74) is 2.56. The van der Waals surface area contributed by atoms with Crippen molar-refractivity contribution in [3.8, 4) is 0 Å². The Kier molecular flexibility index (Phi) is 5.41. The summed E-state index contributed by atoms with van der Waals surface area (Å²) < 4.78 is 1.67. The van der Waals surface area contributed by atoms with E-state index in [1.807, 2.05) is 67.7 Å². The first-order valence-corrected chi connectivity index (χ1v) is 8.21. The van der Waals surface area contributed by atoms with Crippen LogP contribution in [0.25, 0.3) is 0 Å². The fourth-order valence-electron chi connectivity index (χ4n) is 2.49. The largest absolute Gasteiger partial charge is 0.373 e. The van der Waals surface area contributed by atoms with Crippen LogP contribution in [-0.4, -0.2) is 41.0 Å². The highest BCUT2D eigenvalue weighted by Gasteiger charge is 2.11. The highest BCUT2D eigenvalue weighted by atomic mass is 16.2. The number of carbonyl (C=O) groups excluding carboxylic acids is 1. The topological polar surface area (TPSA) is 63.1 Å². The molecule has 0 aliphatic rings. The summed E-state index contributed by atoms with van der Waals surface area (Å²) in [6.45, 7) is 1.85. The molecule has 1 N–H and O–H groups in total. The molecule has 0 radical (unpaired) electrons. The molecule has 1 aromatic heterocycles. The zero-order chi connectivity index (χ0) is 17.5. The highest BCUT2D eigenvalue weighted by Crippen LogP contribution is 2.09. The van der Waals surface area contributed by atoms with E-state index in [9.17, 15) is 4.79 Å². The highest BCUT2D eigenvalue weighted by molar-refractivity contribution is 5.91. The van der Waals surface area contributed by atoms with Gasteiger partial charge in [-0.05, 0) is 17.7 Å². The molecule has 2 aromatic carbocycles. The second kappa shape index (κ2) is 8.10. The van der Waals surface area contributed by atoms with Crippen molar-refractivity contribution in [2.24, 2.45) is 0 Å². The van der Waals surface area contributed by atoms with Gasteiger partial charge in [-0.1, -0.05) is 53.7 Å². The van der Waals surface area contributed by atoms with Crippen LogP contribution in [0.15, 0.2) is 66.9 Å². The first-order valence-electron chi connectivity index (χ1n) is 8.21. The van der Waals surface area contributed by atoms with Crippen molar-refractivity contribution < 1.29 is 4.79 Å². The third kappa shape index (κ3) is 4.67. The van der Waals surface area contributed by atoms with Gasteiger partial charge in [0, 0.05) is 25.8 Å². The predicted molar refractivity (Wildman–Crippen MR) is 97.6 cm³/mol. The molecule has 25 heavy (non-hydrogen) atoms. The van der Waals surface area contributed by atoms with Gasteiger partial charge >= 0.3 is 0 Å². The molecule has 0 aliphatic heterocycles. The third-order valence-corrected chi connectivity index (χ3v) is 3.89. The summed E-state index contributed by atoms with van der Waals surface area (Å²) in [7, 11) is 2.00. The van der Waals surface area contributed by atoms with Crippen LogP contribution in [0.3, 0.4) is 0 Å². The molecule has 0 atom stereocenters. The summed E-state index contributed by atoms with van der Waals surface area (Å²) in [5.74, 6) is -0.208. The summed E-state index contributed by atoms with van der Waals surface area (Å²) in [5, 5.41) is 10.9. The van der Waals surface area contributed by atoms with Gasteiger partial charge in [-0.3, -0.25) is 4.79 Å². The monoisotopic (exact) mass is 335 g/mol. The van der Waals surface area contributed by atoms with Gasteiger partial charge in [0.1, 0.15) is 0 Å². The number of hydrogen-bond acceptors (Lipinski definition) is 4. The molecule has 3 aromatic rings. The summed E-state index contributed by atoms with van der Waals surface area (Å²) in [4.78, 5) is 14.3. The van der Waals surface area contributed by atoms with E-state index in [0.29, 0.717) is 25.3 Å². The number of para-hydroxylation sites is 1. The molecule has 6 heteroatoms. The number of likely N-dealkylation sites (N-methyl/N-ethyl adjacent to an activating group) is 1. The maximum atomic E-state index is 12.2. The molecule has 0 saturated heterocycles. The van der Waals surface area contributed by atoms with Crippen LogP contribution in [0, 0.1) is 0 Å². The molecule has 0 unspecified atom stereocenters. The van der Waals surface area contributed by atoms with Gasteiger partial charge in [-0.25, -0.2) is 4.68 Å². The molecular weight excluding hydrogens is 314 g/mol. The van der Waals surface area contributed by atoms with E-state index >= 15 is 0 Å². The van der Waals surface area contributed by atoms with Crippen molar-refractivity contribution in [2.45, 2.75) is 6.54 Å². The van der Waals surface area contributed by atoms with Gasteiger partial charge in [0.05, 0.1) is 12.7 Å². The molecule has 1 amide bonds. The number of rotatable bonds is 7. The van der Waals surface area contributed by atoms with Crippen molar-refractivity contribution in [3.63, 3.8) is 0 Å². The van der Waals surface area contributed by atoms with Crippen LogP contribution in [0.4, 0.5) is 5.69 Å². The van der Waals surface area contributed by atoms with Crippen molar-refractivity contribution in [1.82, 2.24) is 20.3 Å². The number of nitrogens with zero attached hydrogens (tertiary/aromatic N) is 4. The zero-order valence-corrected chi connectivity index (χ0v) is 14.2. The second-order valence-electron chi connectivity index (χ2n) is 5.80. The smallest absolute Gasteiger partial charge is 0.273 e. The summed E-state index contributed by atoms with van der Waals surface area (Å²) in [6, 6.07) is 20.0. The Morgan fingerprint density at radius 1 is 1.08 bits per heavy atom. The van der Waals surface area contributed by atoms with Crippen molar-refractivity contribution in [1.29, 1.82) is 0 Å². The molecule has 0 fully saturated rings. The molecule has 6 nitrogen and oxygen atoms in total. The number of nitrogens with one attached hydrogen (secondary N) is 1. The lowest BCUT2D eigenvalue weighted by Crippen LogP contribution is -2.33. The van der Waals surface area contributed by atoms with E-state index in [2.05, 4.69) is 20.5 Å². The number of amides is 1. The molecule has 0 spiro atoms. The lowest BCUT2D eigenvalue weighted by molar-refractivity contribution is 0.0949. The van der Waals surface area contributed by atoms with Crippen molar-refractivity contribution in [3.05, 3.63) is 78.1 Å². The van der Waals surface area contributed by atoms with Crippen LogP contribution in [-0.2, 0) is 6.54 Å². The fraction of sp³-hybridized carbons (Fsp3) is 0.211. The Balaban J connectivity index is 1.49. The molecule has 1 heterocycles. The minimum atomic E-state index is -0.208. The summed E-state index contributed by atoms with van der Waals surface area (Å²) in [6.07, 6.45) is 1.67.